The van der Waals surface area contributed by atoms with Crippen LogP contribution in [0.3, 0.4) is 0 Å². The van der Waals surface area contributed by atoms with Gasteiger partial charge in [-0.05, 0) is 31.9 Å². The first kappa shape index (κ1) is 12.3. The van der Waals surface area contributed by atoms with Gasteiger partial charge in [-0.25, -0.2) is 0 Å². The molecule has 1 unspecified atom stereocenters. The third-order valence-corrected chi connectivity index (χ3v) is 2.91. The Labute approximate surface area is 82.3 Å². The summed E-state index contributed by atoms with van der Waals surface area (Å²) in [5.74, 6) is 1.54. The van der Waals surface area contributed by atoms with Crippen LogP contribution in [0, 0.1) is 5.92 Å². The number of hydrogen-bond acceptors (Lipinski definition) is 2. The third kappa shape index (κ3) is 5.04. The average molecular weight is 190 g/mol. The molecule has 0 amide bonds. The standard InChI is InChI=1S/C10H22OS/c1-5-9(8-12)7-11-10(3,4)6-2/h9,12H,5-8H2,1-4H3. The van der Waals surface area contributed by atoms with Gasteiger partial charge < -0.3 is 4.74 Å². The lowest BCUT2D eigenvalue weighted by atomic mass is 10.1. The first-order valence-corrected chi connectivity index (χ1v) is 5.43. The van der Waals surface area contributed by atoms with Crippen molar-refractivity contribution in [3.63, 3.8) is 0 Å². The molecule has 0 aromatic carbocycles. The molecular weight excluding hydrogens is 168 g/mol. The van der Waals surface area contributed by atoms with E-state index < -0.39 is 0 Å². The Morgan fingerprint density at radius 2 is 1.92 bits per heavy atom. The average Bonchev–Trinajstić information content (AvgIpc) is 2.06. The van der Waals surface area contributed by atoms with Crippen molar-refractivity contribution in [2.75, 3.05) is 12.4 Å². The molecular formula is C10H22OS. The van der Waals surface area contributed by atoms with E-state index in [4.69, 9.17) is 4.74 Å². The molecule has 0 radical (unpaired) electrons. The summed E-state index contributed by atoms with van der Waals surface area (Å²) in [7, 11) is 0. The first-order chi connectivity index (χ1) is 5.55. The molecule has 0 aromatic heterocycles. The fourth-order valence-electron chi connectivity index (χ4n) is 0.745. The van der Waals surface area contributed by atoms with Gasteiger partial charge in [-0.15, -0.1) is 0 Å². The van der Waals surface area contributed by atoms with E-state index in [0.717, 1.165) is 25.2 Å². The van der Waals surface area contributed by atoms with Crippen molar-refractivity contribution in [1.29, 1.82) is 0 Å². The minimum atomic E-state index is 0.0381. The molecule has 0 bridgehead atoms. The summed E-state index contributed by atoms with van der Waals surface area (Å²) < 4.78 is 5.77. The van der Waals surface area contributed by atoms with Crippen molar-refractivity contribution in [3.05, 3.63) is 0 Å². The zero-order chi connectivity index (χ0) is 9.61. The van der Waals surface area contributed by atoms with Crippen LogP contribution in [-0.2, 0) is 4.74 Å². The monoisotopic (exact) mass is 190 g/mol. The van der Waals surface area contributed by atoms with Crippen molar-refractivity contribution >= 4 is 12.6 Å². The summed E-state index contributed by atoms with van der Waals surface area (Å²) in [5, 5.41) is 0. The van der Waals surface area contributed by atoms with Gasteiger partial charge in [0.15, 0.2) is 0 Å². The highest BCUT2D eigenvalue weighted by atomic mass is 32.1. The maximum Gasteiger partial charge on any atom is 0.0624 e. The molecule has 2 heteroatoms. The molecule has 74 valence electrons. The van der Waals surface area contributed by atoms with Crippen molar-refractivity contribution in [2.24, 2.45) is 5.92 Å². The van der Waals surface area contributed by atoms with E-state index >= 15 is 0 Å². The van der Waals surface area contributed by atoms with Gasteiger partial charge in [-0.1, -0.05) is 20.3 Å². The van der Waals surface area contributed by atoms with Crippen LogP contribution in [0.4, 0.5) is 0 Å². The van der Waals surface area contributed by atoms with Crippen molar-refractivity contribution < 1.29 is 4.74 Å². The molecule has 0 saturated heterocycles. The Morgan fingerprint density at radius 3 is 2.25 bits per heavy atom. The molecule has 0 rings (SSSR count). The van der Waals surface area contributed by atoms with Gasteiger partial charge in [-0.3, -0.25) is 0 Å². The smallest absolute Gasteiger partial charge is 0.0624 e. The predicted octanol–water partition coefficient (Wildman–Crippen LogP) is 3.15. The van der Waals surface area contributed by atoms with Crippen LogP contribution < -0.4 is 0 Å². The minimum absolute atomic E-state index is 0.0381. The molecule has 0 heterocycles. The number of rotatable bonds is 6. The number of ether oxygens (including phenoxy) is 1. The maximum absolute atomic E-state index is 5.77. The summed E-state index contributed by atoms with van der Waals surface area (Å²) in [4.78, 5) is 0. The second kappa shape index (κ2) is 5.87. The molecule has 0 fully saturated rings. The van der Waals surface area contributed by atoms with E-state index in [2.05, 4.69) is 40.3 Å². The predicted molar refractivity (Wildman–Crippen MR) is 58.0 cm³/mol. The van der Waals surface area contributed by atoms with Gasteiger partial charge >= 0.3 is 0 Å². The Kier molecular flexibility index (Phi) is 6.02. The molecule has 0 saturated carbocycles. The molecule has 1 atom stereocenters. The minimum Gasteiger partial charge on any atom is -0.375 e. The second-order valence-electron chi connectivity index (χ2n) is 3.88. The maximum atomic E-state index is 5.77. The second-order valence-corrected chi connectivity index (χ2v) is 4.25. The van der Waals surface area contributed by atoms with Crippen molar-refractivity contribution in [2.45, 2.75) is 46.1 Å². The van der Waals surface area contributed by atoms with E-state index in [1.54, 1.807) is 0 Å². The van der Waals surface area contributed by atoms with E-state index in [-0.39, 0.29) is 5.60 Å². The highest BCUT2D eigenvalue weighted by molar-refractivity contribution is 7.80. The Hall–Kier alpha value is 0.310. The largest absolute Gasteiger partial charge is 0.375 e. The highest BCUT2D eigenvalue weighted by Crippen LogP contribution is 2.16. The van der Waals surface area contributed by atoms with Gasteiger partial charge in [0.1, 0.15) is 0 Å². The van der Waals surface area contributed by atoms with Crippen LogP contribution in [0.25, 0.3) is 0 Å². The first-order valence-electron chi connectivity index (χ1n) is 4.80. The number of thiol groups is 1. The Bertz CT molecular complexity index is 108. The summed E-state index contributed by atoms with van der Waals surface area (Å²) in [5.41, 5.74) is 0.0381. The molecule has 0 aliphatic heterocycles. The summed E-state index contributed by atoms with van der Waals surface area (Å²) in [6.45, 7) is 9.46. The zero-order valence-electron chi connectivity index (χ0n) is 8.76. The van der Waals surface area contributed by atoms with E-state index in [9.17, 15) is 0 Å². The zero-order valence-corrected chi connectivity index (χ0v) is 9.66. The van der Waals surface area contributed by atoms with Crippen molar-refractivity contribution in [3.8, 4) is 0 Å². The molecule has 0 spiro atoms. The van der Waals surface area contributed by atoms with Crippen LogP contribution in [0.1, 0.15) is 40.5 Å². The highest BCUT2D eigenvalue weighted by Gasteiger charge is 2.16. The fourth-order valence-corrected chi connectivity index (χ4v) is 1.11. The van der Waals surface area contributed by atoms with Gasteiger partial charge in [0.05, 0.1) is 12.2 Å². The lowest BCUT2D eigenvalue weighted by Gasteiger charge is -2.26. The SMILES string of the molecule is CCC(CS)COC(C)(C)CC. The van der Waals surface area contributed by atoms with E-state index in [0.29, 0.717) is 5.92 Å². The molecule has 0 aliphatic rings. The Morgan fingerprint density at radius 1 is 1.33 bits per heavy atom. The van der Waals surface area contributed by atoms with Crippen LogP contribution >= 0.6 is 12.6 Å². The van der Waals surface area contributed by atoms with E-state index in [1.807, 2.05) is 0 Å². The Balaban J connectivity index is 3.65. The van der Waals surface area contributed by atoms with Gasteiger partial charge in [-0.2, -0.15) is 12.6 Å². The van der Waals surface area contributed by atoms with Gasteiger partial charge in [0.2, 0.25) is 0 Å². The topological polar surface area (TPSA) is 9.23 Å². The third-order valence-electron chi connectivity index (χ3n) is 2.40. The van der Waals surface area contributed by atoms with Crippen LogP contribution in [0.15, 0.2) is 0 Å². The molecule has 0 aliphatic carbocycles. The summed E-state index contributed by atoms with van der Waals surface area (Å²) >= 11 is 4.27. The quantitative estimate of drug-likeness (QED) is 0.633. The van der Waals surface area contributed by atoms with E-state index in [1.165, 1.54) is 0 Å². The molecule has 0 aromatic rings. The molecule has 12 heavy (non-hydrogen) atoms. The molecule has 0 N–H and O–H groups in total. The van der Waals surface area contributed by atoms with Gasteiger partial charge in [0, 0.05) is 0 Å². The fraction of sp³-hybridized carbons (Fsp3) is 1.00. The van der Waals surface area contributed by atoms with Crippen LogP contribution in [0.5, 0.6) is 0 Å². The van der Waals surface area contributed by atoms with Gasteiger partial charge in [0.25, 0.3) is 0 Å². The molecule has 1 nitrogen and oxygen atoms in total. The van der Waals surface area contributed by atoms with Crippen LogP contribution in [-0.4, -0.2) is 18.0 Å². The van der Waals surface area contributed by atoms with Crippen LogP contribution in [0.2, 0.25) is 0 Å². The lowest BCUT2D eigenvalue weighted by Crippen LogP contribution is -2.26. The normalized spacial score (nSPS) is 14.8. The van der Waals surface area contributed by atoms with Crippen molar-refractivity contribution in [1.82, 2.24) is 0 Å². The lowest BCUT2D eigenvalue weighted by molar-refractivity contribution is -0.0348. The summed E-state index contributed by atoms with van der Waals surface area (Å²) in [6, 6.07) is 0. The number of hydrogen-bond donors (Lipinski definition) is 1. The summed E-state index contributed by atoms with van der Waals surface area (Å²) in [6.07, 6.45) is 2.22.